The predicted octanol–water partition coefficient (Wildman–Crippen LogP) is 5.17. The first-order valence-electron chi connectivity index (χ1n) is 9.09. The number of hydrogen-bond acceptors (Lipinski definition) is 3. The summed E-state index contributed by atoms with van der Waals surface area (Å²) >= 11 is 0. The van der Waals surface area contributed by atoms with Gasteiger partial charge in [-0.2, -0.15) is 0 Å². The fourth-order valence-corrected chi connectivity index (χ4v) is 2.35. The molecule has 0 aromatic rings. The van der Waals surface area contributed by atoms with Crippen molar-refractivity contribution < 1.29 is 14.6 Å². The van der Waals surface area contributed by atoms with E-state index in [1.807, 2.05) is 6.92 Å². The van der Waals surface area contributed by atoms with Crippen LogP contribution in [0.4, 0.5) is 0 Å². The highest BCUT2D eigenvalue weighted by Crippen LogP contribution is 2.12. The van der Waals surface area contributed by atoms with Gasteiger partial charge < -0.3 is 9.84 Å². The van der Waals surface area contributed by atoms with E-state index < -0.39 is 0 Å². The molecule has 0 spiro atoms. The molecule has 1 unspecified atom stereocenters. The molecule has 130 valence electrons. The molecule has 0 radical (unpaired) electrons. The van der Waals surface area contributed by atoms with Crippen LogP contribution in [0.5, 0.6) is 0 Å². The lowest BCUT2D eigenvalue weighted by Crippen LogP contribution is -2.14. The average molecular weight is 312 g/mol. The zero-order valence-electron chi connectivity index (χ0n) is 14.9. The van der Waals surface area contributed by atoms with Crippen molar-refractivity contribution in [2.75, 3.05) is 6.61 Å². The van der Waals surface area contributed by atoms with E-state index in [1.54, 1.807) is 13.0 Å². The van der Waals surface area contributed by atoms with Gasteiger partial charge >= 0.3 is 5.97 Å². The van der Waals surface area contributed by atoms with E-state index in [0.717, 1.165) is 12.8 Å². The van der Waals surface area contributed by atoms with Gasteiger partial charge in [0.15, 0.2) is 0 Å². The first kappa shape index (κ1) is 21.2. The van der Waals surface area contributed by atoms with Crippen molar-refractivity contribution in [3.63, 3.8) is 0 Å². The molecule has 0 aromatic carbocycles. The van der Waals surface area contributed by atoms with Crippen LogP contribution < -0.4 is 0 Å². The highest BCUT2D eigenvalue weighted by Gasteiger charge is 2.08. The Labute approximate surface area is 137 Å². The molecule has 1 N–H and O–H groups in total. The van der Waals surface area contributed by atoms with Gasteiger partial charge in [-0.1, -0.05) is 70.8 Å². The lowest BCUT2D eigenvalue weighted by Gasteiger charge is -2.11. The normalized spacial score (nSPS) is 13.2. The number of allylic oxidation sites excluding steroid dienone is 1. The third-order valence-corrected chi connectivity index (χ3v) is 4.08. The summed E-state index contributed by atoms with van der Waals surface area (Å²) in [6.07, 6.45) is 14.4. The first-order chi connectivity index (χ1) is 10.6. The van der Waals surface area contributed by atoms with Crippen molar-refractivity contribution in [3.8, 4) is 0 Å². The summed E-state index contributed by atoms with van der Waals surface area (Å²) in [5, 5.41) is 9.85. The van der Waals surface area contributed by atoms with E-state index in [9.17, 15) is 9.90 Å². The van der Waals surface area contributed by atoms with E-state index in [2.05, 4.69) is 6.92 Å². The van der Waals surface area contributed by atoms with Gasteiger partial charge in [-0.25, -0.2) is 4.79 Å². The maximum Gasteiger partial charge on any atom is 0.333 e. The molecule has 0 saturated carbocycles. The van der Waals surface area contributed by atoms with E-state index in [4.69, 9.17) is 4.74 Å². The van der Waals surface area contributed by atoms with Gasteiger partial charge in [0.25, 0.3) is 0 Å². The van der Waals surface area contributed by atoms with Gasteiger partial charge in [0.05, 0.1) is 12.7 Å². The summed E-state index contributed by atoms with van der Waals surface area (Å²) in [4.78, 5) is 11.4. The Hall–Kier alpha value is -0.830. The number of aliphatic hydroxyl groups excluding tert-OH is 1. The largest absolute Gasteiger partial charge is 0.462 e. The van der Waals surface area contributed by atoms with Crippen molar-refractivity contribution in [3.05, 3.63) is 11.6 Å². The number of rotatable bonds is 14. The summed E-state index contributed by atoms with van der Waals surface area (Å²) in [5.41, 5.74) is 0.619. The van der Waals surface area contributed by atoms with Crippen molar-refractivity contribution in [1.29, 1.82) is 0 Å². The quantitative estimate of drug-likeness (QED) is 0.273. The Morgan fingerprint density at radius 2 is 1.55 bits per heavy atom. The molecule has 0 aliphatic heterocycles. The van der Waals surface area contributed by atoms with Crippen LogP contribution >= 0.6 is 0 Å². The monoisotopic (exact) mass is 312 g/mol. The van der Waals surface area contributed by atoms with Crippen LogP contribution in [0.15, 0.2) is 11.6 Å². The van der Waals surface area contributed by atoms with E-state index in [0.29, 0.717) is 18.6 Å². The van der Waals surface area contributed by atoms with Gasteiger partial charge in [0, 0.05) is 12.0 Å². The number of unbranched alkanes of at least 4 members (excludes halogenated alkanes) is 8. The zero-order chi connectivity index (χ0) is 16.6. The molecule has 0 amide bonds. The molecule has 22 heavy (non-hydrogen) atoms. The van der Waals surface area contributed by atoms with Gasteiger partial charge in [0.1, 0.15) is 0 Å². The van der Waals surface area contributed by atoms with Gasteiger partial charge in [-0.3, -0.25) is 0 Å². The molecular weight excluding hydrogens is 276 g/mol. The number of aliphatic hydroxyl groups is 1. The number of carbonyl (C=O) groups is 1. The minimum atomic E-state index is -0.344. The van der Waals surface area contributed by atoms with Gasteiger partial charge in [0.2, 0.25) is 0 Å². The maximum absolute atomic E-state index is 11.4. The Bertz CT molecular complexity index is 297. The fourth-order valence-electron chi connectivity index (χ4n) is 2.35. The second-order valence-electron chi connectivity index (χ2n) is 6.17. The summed E-state index contributed by atoms with van der Waals surface area (Å²) in [6, 6.07) is 0. The predicted molar refractivity (Wildman–Crippen MR) is 92.9 cm³/mol. The molecule has 0 heterocycles. The van der Waals surface area contributed by atoms with Crippen LogP contribution in [-0.4, -0.2) is 23.8 Å². The van der Waals surface area contributed by atoms with E-state index >= 15 is 0 Å². The van der Waals surface area contributed by atoms with Crippen LogP contribution in [0.3, 0.4) is 0 Å². The summed E-state index contributed by atoms with van der Waals surface area (Å²) in [7, 11) is 0. The highest BCUT2D eigenvalue weighted by atomic mass is 16.5. The minimum Gasteiger partial charge on any atom is -0.462 e. The Morgan fingerprint density at radius 1 is 1.00 bits per heavy atom. The van der Waals surface area contributed by atoms with Crippen LogP contribution in [-0.2, 0) is 9.53 Å². The third-order valence-electron chi connectivity index (χ3n) is 4.08. The zero-order valence-corrected chi connectivity index (χ0v) is 14.9. The van der Waals surface area contributed by atoms with Gasteiger partial charge in [-0.15, -0.1) is 0 Å². The summed E-state index contributed by atoms with van der Waals surface area (Å²) in [6.45, 7) is 6.10. The Morgan fingerprint density at radius 3 is 2.09 bits per heavy atom. The van der Waals surface area contributed by atoms with Gasteiger partial charge in [-0.05, 0) is 20.3 Å². The molecule has 0 aromatic heterocycles. The molecule has 0 fully saturated rings. The second-order valence-corrected chi connectivity index (χ2v) is 6.17. The summed E-state index contributed by atoms with van der Waals surface area (Å²) < 4.78 is 5.09. The number of carbonyl (C=O) groups excluding carboxylic acids is 1. The van der Waals surface area contributed by atoms with Crippen molar-refractivity contribution in [2.24, 2.45) is 0 Å². The van der Waals surface area contributed by atoms with E-state index in [1.165, 1.54) is 51.4 Å². The molecule has 0 aliphatic carbocycles. The molecule has 3 heteroatoms. The Balaban J connectivity index is 3.36. The first-order valence-corrected chi connectivity index (χ1v) is 9.09. The van der Waals surface area contributed by atoms with Crippen molar-refractivity contribution in [2.45, 2.75) is 97.5 Å². The van der Waals surface area contributed by atoms with Crippen LogP contribution in [0.1, 0.15) is 91.4 Å². The highest BCUT2D eigenvalue weighted by molar-refractivity contribution is 5.87. The Kier molecular flexibility index (Phi) is 14.5. The standard InChI is InChI=1S/C19H36O3/c1-4-6-7-8-9-10-11-12-13-14-18(20)15-16-22-19(21)17(3)5-2/h5,18,20H,4,6-16H2,1-3H3. The SMILES string of the molecule is CC=C(C)C(=O)OCCC(O)CCCCCCCCCCC. The van der Waals surface area contributed by atoms with Crippen molar-refractivity contribution in [1.82, 2.24) is 0 Å². The number of esters is 1. The van der Waals surface area contributed by atoms with Crippen molar-refractivity contribution >= 4 is 5.97 Å². The third kappa shape index (κ3) is 12.9. The average Bonchev–Trinajstić information content (AvgIpc) is 2.52. The van der Waals surface area contributed by atoms with E-state index in [-0.39, 0.29) is 12.1 Å². The van der Waals surface area contributed by atoms with Crippen LogP contribution in [0.2, 0.25) is 0 Å². The number of ether oxygens (including phenoxy) is 1. The molecule has 1 atom stereocenters. The lowest BCUT2D eigenvalue weighted by atomic mass is 10.0. The lowest BCUT2D eigenvalue weighted by molar-refractivity contribution is -0.139. The van der Waals surface area contributed by atoms with Crippen LogP contribution in [0.25, 0.3) is 0 Å². The molecule has 0 saturated heterocycles. The summed E-state index contributed by atoms with van der Waals surface area (Å²) in [5.74, 6) is -0.280. The smallest absolute Gasteiger partial charge is 0.333 e. The molecule has 0 bridgehead atoms. The molecule has 0 rings (SSSR count). The molecule has 0 aliphatic rings. The maximum atomic E-state index is 11.4. The fraction of sp³-hybridized carbons (Fsp3) is 0.842. The molecule has 3 nitrogen and oxygen atoms in total. The minimum absolute atomic E-state index is 0.280. The topological polar surface area (TPSA) is 46.5 Å². The number of hydrogen-bond donors (Lipinski definition) is 1. The second kappa shape index (κ2) is 15.1. The molecular formula is C19H36O3. The van der Waals surface area contributed by atoms with Crippen LogP contribution in [0, 0.1) is 0 Å².